The number of methoxy groups -OCH3 is 1. The summed E-state index contributed by atoms with van der Waals surface area (Å²) in [5.41, 5.74) is 1.36. The monoisotopic (exact) mass is 299 g/mol. The van der Waals surface area contributed by atoms with Crippen LogP contribution >= 0.6 is 0 Å². The molecule has 20 heavy (non-hydrogen) atoms. The number of benzene rings is 1. The fourth-order valence-corrected chi connectivity index (χ4v) is 4.05. The zero-order chi connectivity index (χ0) is 14.8. The summed E-state index contributed by atoms with van der Waals surface area (Å²) >= 11 is 0. The normalized spacial score (nSPS) is 19.2. The summed E-state index contributed by atoms with van der Waals surface area (Å²) in [4.78, 5) is 0.330. The third-order valence-electron chi connectivity index (χ3n) is 3.46. The van der Waals surface area contributed by atoms with Gasteiger partial charge < -0.3 is 9.47 Å². The van der Waals surface area contributed by atoms with Crippen molar-refractivity contribution in [2.24, 2.45) is 0 Å². The second-order valence-electron chi connectivity index (χ2n) is 5.08. The minimum absolute atomic E-state index is 0.0105. The van der Waals surface area contributed by atoms with Crippen LogP contribution in [0.4, 0.5) is 0 Å². The predicted octanol–water partition coefficient (Wildman–Crippen LogP) is 1.77. The summed E-state index contributed by atoms with van der Waals surface area (Å²) in [6.07, 6.45) is 1.89. The summed E-state index contributed by atoms with van der Waals surface area (Å²) in [6, 6.07) is 3.46. The maximum atomic E-state index is 12.4. The average molecular weight is 299 g/mol. The molecule has 0 aliphatic carbocycles. The number of hydrogen-bond acceptors (Lipinski definition) is 4. The van der Waals surface area contributed by atoms with Gasteiger partial charge in [-0.25, -0.2) is 13.1 Å². The van der Waals surface area contributed by atoms with Crippen LogP contribution in [0.2, 0.25) is 0 Å². The number of sulfonamides is 1. The van der Waals surface area contributed by atoms with Gasteiger partial charge in [-0.05, 0) is 49.9 Å². The van der Waals surface area contributed by atoms with Crippen LogP contribution in [-0.4, -0.2) is 34.8 Å². The second-order valence-corrected chi connectivity index (χ2v) is 6.78. The molecule has 1 unspecified atom stereocenters. The van der Waals surface area contributed by atoms with E-state index in [0.717, 1.165) is 12.8 Å². The molecule has 0 spiro atoms. The van der Waals surface area contributed by atoms with Crippen molar-refractivity contribution in [3.8, 4) is 5.75 Å². The Morgan fingerprint density at radius 2 is 2.00 bits per heavy atom. The quantitative estimate of drug-likeness (QED) is 0.900. The van der Waals surface area contributed by atoms with Crippen LogP contribution in [0.5, 0.6) is 5.75 Å². The molecule has 1 heterocycles. The lowest BCUT2D eigenvalue weighted by Crippen LogP contribution is -2.32. The summed E-state index contributed by atoms with van der Waals surface area (Å²) in [6.45, 7) is 4.59. The van der Waals surface area contributed by atoms with E-state index in [1.165, 1.54) is 0 Å². The molecule has 0 aromatic heterocycles. The summed E-state index contributed by atoms with van der Waals surface area (Å²) < 4.78 is 38.1. The Morgan fingerprint density at radius 3 is 2.50 bits per heavy atom. The van der Waals surface area contributed by atoms with Gasteiger partial charge in [-0.15, -0.1) is 0 Å². The lowest BCUT2D eigenvalue weighted by atomic mass is 10.1. The van der Waals surface area contributed by atoms with Crippen molar-refractivity contribution in [1.29, 1.82) is 0 Å². The first-order chi connectivity index (χ1) is 9.44. The van der Waals surface area contributed by atoms with E-state index in [-0.39, 0.29) is 6.10 Å². The molecule has 1 N–H and O–H groups in total. The number of aryl methyl sites for hydroxylation is 2. The van der Waals surface area contributed by atoms with E-state index in [9.17, 15) is 8.42 Å². The van der Waals surface area contributed by atoms with Crippen molar-refractivity contribution in [1.82, 2.24) is 4.72 Å². The Bertz CT molecular complexity index is 554. The van der Waals surface area contributed by atoms with Crippen molar-refractivity contribution in [3.63, 3.8) is 0 Å². The summed E-state index contributed by atoms with van der Waals surface area (Å²) in [5.74, 6) is 0.665. The van der Waals surface area contributed by atoms with Gasteiger partial charge in [-0.2, -0.15) is 0 Å². The lowest BCUT2D eigenvalue weighted by molar-refractivity contribution is 0.114. The molecular formula is C14H21NO4S. The molecule has 6 heteroatoms. The molecule has 112 valence electrons. The van der Waals surface area contributed by atoms with Crippen LogP contribution in [0.3, 0.4) is 0 Å². The fourth-order valence-electron chi connectivity index (χ4n) is 2.53. The molecule has 1 aliphatic rings. The number of nitrogens with one attached hydrogen (secondary N) is 1. The molecular weight excluding hydrogens is 278 g/mol. The minimum Gasteiger partial charge on any atom is -0.497 e. The molecule has 5 nitrogen and oxygen atoms in total. The SMILES string of the molecule is COc1cc(C)c(S(=O)(=O)NCC2CCCO2)c(C)c1. The van der Waals surface area contributed by atoms with E-state index in [2.05, 4.69) is 4.72 Å². The van der Waals surface area contributed by atoms with Crippen LogP contribution in [-0.2, 0) is 14.8 Å². The molecule has 1 aromatic carbocycles. The molecule has 1 aromatic rings. The van der Waals surface area contributed by atoms with Crippen LogP contribution < -0.4 is 9.46 Å². The van der Waals surface area contributed by atoms with Crippen LogP contribution in [0.1, 0.15) is 24.0 Å². The first-order valence-corrected chi connectivity index (χ1v) is 8.19. The van der Waals surface area contributed by atoms with Crippen molar-refractivity contribution in [3.05, 3.63) is 23.3 Å². The third-order valence-corrected chi connectivity index (χ3v) is 5.19. The van der Waals surface area contributed by atoms with Crippen LogP contribution in [0, 0.1) is 13.8 Å². The van der Waals surface area contributed by atoms with Crippen LogP contribution in [0.15, 0.2) is 17.0 Å². The molecule has 0 radical (unpaired) electrons. The van der Waals surface area contributed by atoms with Crippen molar-refractivity contribution in [2.45, 2.75) is 37.7 Å². The molecule has 0 amide bonds. The minimum atomic E-state index is -3.52. The van der Waals surface area contributed by atoms with E-state index in [4.69, 9.17) is 9.47 Å². The highest BCUT2D eigenvalue weighted by Gasteiger charge is 2.23. The van der Waals surface area contributed by atoms with Gasteiger partial charge in [-0.3, -0.25) is 0 Å². The number of ether oxygens (including phenoxy) is 2. The first-order valence-electron chi connectivity index (χ1n) is 6.70. The Morgan fingerprint density at radius 1 is 1.35 bits per heavy atom. The van der Waals surface area contributed by atoms with Crippen molar-refractivity contribution in [2.75, 3.05) is 20.3 Å². The van der Waals surface area contributed by atoms with Gasteiger partial charge in [0.25, 0.3) is 0 Å². The number of rotatable bonds is 5. The zero-order valence-corrected chi connectivity index (χ0v) is 12.9. The van der Waals surface area contributed by atoms with Crippen molar-refractivity contribution < 1.29 is 17.9 Å². The maximum absolute atomic E-state index is 12.4. The largest absolute Gasteiger partial charge is 0.497 e. The highest BCUT2D eigenvalue weighted by molar-refractivity contribution is 7.89. The lowest BCUT2D eigenvalue weighted by Gasteiger charge is -2.15. The summed E-state index contributed by atoms with van der Waals surface area (Å²) in [5, 5.41) is 0. The van der Waals surface area contributed by atoms with Gasteiger partial charge in [0.2, 0.25) is 10.0 Å². The standard InChI is InChI=1S/C14H21NO4S/c1-10-7-13(18-3)8-11(2)14(10)20(16,17)15-9-12-5-4-6-19-12/h7-8,12,15H,4-6,9H2,1-3H3. The van der Waals surface area contributed by atoms with Gasteiger partial charge in [0.05, 0.1) is 18.1 Å². The first kappa shape index (κ1) is 15.3. The Balaban J connectivity index is 2.20. The Hall–Kier alpha value is -1.11. The highest BCUT2D eigenvalue weighted by atomic mass is 32.2. The molecule has 1 saturated heterocycles. The molecule has 1 atom stereocenters. The fraction of sp³-hybridized carbons (Fsp3) is 0.571. The van der Waals surface area contributed by atoms with Gasteiger partial charge in [0.1, 0.15) is 5.75 Å². The van der Waals surface area contributed by atoms with E-state index < -0.39 is 10.0 Å². The molecule has 1 aliphatic heterocycles. The number of hydrogen-bond donors (Lipinski definition) is 1. The third kappa shape index (κ3) is 3.31. The molecule has 1 fully saturated rings. The van der Waals surface area contributed by atoms with Gasteiger partial charge in [0.15, 0.2) is 0 Å². The molecule has 0 bridgehead atoms. The van der Waals surface area contributed by atoms with Crippen molar-refractivity contribution >= 4 is 10.0 Å². The highest BCUT2D eigenvalue weighted by Crippen LogP contribution is 2.25. The van der Waals surface area contributed by atoms with E-state index in [1.807, 2.05) is 0 Å². The molecule has 2 rings (SSSR count). The zero-order valence-electron chi connectivity index (χ0n) is 12.1. The maximum Gasteiger partial charge on any atom is 0.241 e. The van der Waals surface area contributed by atoms with Gasteiger partial charge >= 0.3 is 0 Å². The predicted molar refractivity (Wildman–Crippen MR) is 76.6 cm³/mol. The average Bonchev–Trinajstić information content (AvgIpc) is 2.88. The second kappa shape index (κ2) is 6.11. The summed E-state index contributed by atoms with van der Waals surface area (Å²) in [7, 11) is -1.95. The molecule has 0 saturated carbocycles. The Labute approximate surface area is 120 Å². The van der Waals surface area contributed by atoms with Gasteiger partial charge in [-0.1, -0.05) is 0 Å². The van der Waals surface area contributed by atoms with Crippen LogP contribution in [0.25, 0.3) is 0 Å². The smallest absolute Gasteiger partial charge is 0.241 e. The Kier molecular flexibility index (Phi) is 4.67. The van der Waals surface area contributed by atoms with E-state index in [1.54, 1.807) is 33.1 Å². The van der Waals surface area contributed by atoms with E-state index >= 15 is 0 Å². The van der Waals surface area contributed by atoms with Gasteiger partial charge in [0, 0.05) is 13.2 Å². The van der Waals surface area contributed by atoms with E-state index in [0.29, 0.717) is 34.9 Å². The topological polar surface area (TPSA) is 64.6 Å².